The van der Waals surface area contributed by atoms with Gasteiger partial charge < -0.3 is 4.90 Å². The molecule has 0 saturated carbocycles. The highest BCUT2D eigenvalue weighted by Crippen LogP contribution is 2.41. The number of hydrogen-bond acceptors (Lipinski definition) is 1. The molecule has 0 aliphatic heterocycles. The van der Waals surface area contributed by atoms with E-state index in [4.69, 9.17) is 0 Å². The molecule has 0 rings (SSSR count). The summed E-state index contributed by atoms with van der Waals surface area (Å²) < 4.78 is 0. The summed E-state index contributed by atoms with van der Waals surface area (Å²) in [6.45, 7) is 20.6. The lowest BCUT2D eigenvalue weighted by Gasteiger charge is -2.37. The lowest BCUT2D eigenvalue weighted by molar-refractivity contribution is 0.291. The van der Waals surface area contributed by atoms with E-state index in [-0.39, 0.29) is 0 Å². The van der Waals surface area contributed by atoms with Crippen LogP contribution in [0.4, 0.5) is 0 Å². The van der Waals surface area contributed by atoms with Crippen LogP contribution in [0.15, 0.2) is 0 Å². The average Bonchev–Trinajstić information content (AvgIpc) is 2.10. The topological polar surface area (TPSA) is 3.24 Å². The molecule has 2 heteroatoms. The third kappa shape index (κ3) is 5.16. The Bertz CT molecular complexity index is 166. The summed E-state index contributed by atoms with van der Waals surface area (Å²) in [5.41, 5.74) is 0. The van der Waals surface area contributed by atoms with Crippen molar-refractivity contribution in [2.24, 2.45) is 0 Å². The highest BCUT2D eigenvalue weighted by molar-refractivity contribution is 6.78. The smallest absolute Gasteiger partial charge is 0.0499 e. The predicted molar refractivity (Wildman–Crippen MR) is 74.4 cm³/mol. The van der Waals surface area contributed by atoms with Crippen molar-refractivity contribution in [2.45, 2.75) is 65.2 Å². The highest BCUT2D eigenvalue weighted by Gasteiger charge is 2.33. The first-order valence-electron chi connectivity index (χ1n) is 6.47. The summed E-state index contributed by atoms with van der Waals surface area (Å²) in [6.07, 6.45) is 2.75. The summed E-state index contributed by atoms with van der Waals surface area (Å²) in [4.78, 5) is 2.53. The maximum absolute atomic E-state index is 2.53. The Morgan fingerprint density at radius 1 is 1.00 bits per heavy atom. The van der Waals surface area contributed by atoms with E-state index in [0.29, 0.717) is 5.04 Å². The van der Waals surface area contributed by atoms with Gasteiger partial charge in [-0.1, -0.05) is 47.3 Å². The molecular weight excluding hydrogens is 198 g/mol. The van der Waals surface area contributed by atoms with Gasteiger partial charge in [-0.25, -0.2) is 0 Å². The number of nitrogens with zero attached hydrogens (tertiary/aromatic N) is 1. The van der Waals surface area contributed by atoms with Crippen molar-refractivity contribution in [3.8, 4) is 0 Å². The van der Waals surface area contributed by atoms with Gasteiger partial charge in [0.15, 0.2) is 0 Å². The Balaban J connectivity index is 3.95. The van der Waals surface area contributed by atoms with Crippen LogP contribution in [0.5, 0.6) is 0 Å². The number of rotatable bonds is 7. The molecule has 0 aromatic heterocycles. The van der Waals surface area contributed by atoms with Crippen LogP contribution in [-0.4, -0.2) is 32.6 Å². The second kappa shape index (κ2) is 6.05. The van der Waals surface area contributed by atoms with Crippen molar-refractivity contribution in [3.05, 3.63) is 0 Å². The Morgan fingerprint density at radius 2 is 1.47 bits per heavy atom. The molecule has 0 heterocycles. The van der Waals surface area contributed by atoms with Crippen LogP contribution in [0.2, 0.25) is 24.7 Å². The van der Waals surface area contributed by atoms with E-state index in [0.717, 1.165) is 0 Å². The molecule has 0 spiro atoms. The van der Waals surface area contributed by atoms with Crippen LogP contribution in [0.3, 0.4) is 0 Å². The van der Waals surface area contributed by atoms with E-state index in [2.05, 4.69) is 52.2 Å². The zero-order valence-corrected chi connectivity index (χ0v) is 13.0. The Labute approximate surface area is 98.3 Å². The molecule has 0 aromatic carbocycles. The molecule has 0 unspecified atom stereocenters. The summed E-state index contributed by atoms with van der Waals surface area (Å²) in [7, 11) is -0.996. The Hall–Kier alpha value is 0.177. The first kappa shape index (κ1) is 15.2. The molecule has 0 saturated heterocycles. The minimum Gasteiger partial charge on any atom is -0.304 e. The molecule has 0 aliphatic carbocycles. The van der Waals surface area contributed by atoms with Crippen LogP contribution >= 0.6 is 0 Å². The van der Waals surface area contributed by atoms with Crippen molar-refractivity contribution in [2.75, 3.05) is 19.6 Å². The molecule has 15 heavy (non-hydrogen) atoms. The third-order valence-corrected chi connectivity index (χ3v) is 8.51. The molecule has 0 N–H and O–H groups in total. The minimum atomic E-state index is -0.996. The van der Waals surface area contributed by atoms with Gasteiger partial charge in [0, 0.05) is 8.07 Å². The van der Waals surface area contributed by atoms with E-state index >= 15 is 0 Å². The fourth-order valence-corrected chi connectivity index (χ4v) is 2.59. The molecule has 0 aliphatic rings. The largest absolute Gasteiger partial charge is 0.304 e. The summed E-state index contributed by atoms with van der Waals surface area (Å²) in [5.74, 6) is 0. The van der Waals surface area contributed by atoms with Gasteiger partial charge >= 0.3 is 0 Å². The maximum Gasteiger partial charge on any atom is 0.0499 e. The van der Waals surface area contributed by atoms with Crippen LogP contribution in [0.25, 0.3) is 0 Å². The highest BCUT2D eigenvalue weighted by atomic mass is 28.3. The van der Waals surface area contributed by atoms with E-state index in [1.807, 2.05) is 0 Å². The van der Waals surface area contributed by atoms with Crippen molar-refractivity contribution >= 4 is 8.07 Å². The second-order valence-electron chi connectivity index (χ2n) is 6.26. The Morgan fingerprint density at radius 3 is 1.80 bits per heavy atom. The van der Waals surface area contributed by atoms with Gasteiger partial charge in [0.2, 0.25) is 0 Å². The quantitative estimate of drug-likeness (QED) is 0.591. The molecule has 92 valence electrons. The molecule has 0 amide bonds. The summed E-state index contributed by atoms with van der Waals surface area (Å²) >= 11 is 0. The zero-order valence-electron chi connectivity index (χ0n) is 12.0. The molecule has 0 aromatic rings. The van der Waals surface area contributed by atoms with Crippen molar-refractivity contribution < 1.29 is 0 Å². The predicted octanol–water partition coefficient (Wildman–Crippen LogP) is 4.23. The SMILES string of the molecule is CCN(CC)CCCC(C)(C)[Si](C)(C)C. The standard InChI is InChI=1S/C13H31NSi/c1-8-14(9-2)12-10-11-13(3,4)15(5,6)7/h8-12H2,1-7H3. The van der Waals surface area contributed by atoms with Crippen LogP contribution in [0, 0.1) is 0 Å². The molecule has 0 atom stereocenters. The van der Waals surface area contributed by atoms with Crippen molar-refractivity contribution in [1.82, 2.24) is 4.90 Å². The van der Waals surface area contributed by atoms with Gasteiger partial charge in [0.1, 0.15) is 0 Å². The molecule has 0 bridgehead atoms. The average molecular weight is 229 g/mol. The van der Waals surface area contributed by atoms with Gasteiger partial charge in [-0.3, -0.25) is 0 Å². The monoisotopic (exact) mass is 229 g/mol. The first-order chi connectivity index (χ1) is 6.74. The van der Waals surface area contributed by atoms with Crippen molar-refractivity contribution in [3.63, 3.8) is 0 Å². The van der Waals surface area contributed by atoms with E-state index in [9.17, 15) is 0 Å². The lowest BCUT2D eigenvalue weighted by atomic mass is 10.1. The zero-order chi connectivity index (χ0) is 12.1. The second-order valence-corrected chi connectivity index (χ2v) is 12.1. The normalized spacial score (nSPS) is 13.6. The van der Waals surface area contributed by atoms with Crippen LogP contribution in [0.1, 0.15) is 40.5 Å². The maximum atomic E-state index is 2.53. The van der Waals surface area contributed by atoms with Crippen LogP contribution < -0.4 is 0 Å². The van der Waals surface area contributed by atoms with E-state index in [1.54, 1.807) is 0 Å². The van der Waals surface area contributed by atoms with Gasteiger partial charge in [-0.15, -0.1) is 0 Å². The number of hydrogen-bond donors (Lipinski definition) is 0. The first-order valence-corrected chi connectivity index (χ1v) is 9.97. The van der Waals surface area contributed by atoms with E-state index < -0.39 is 8.07 Å². The molecule has 1 nitrogen and oxygen atoms in total. The Kier molecular flexibility index (Phi) is 6.12. The lowest BCUT2D eigenvalue weighted by Crippen LogP contribution is -2.36. The van der Waals surface area contributed by atoms with Gasteiger partial charge in [0.05, 0.1) is 0 Å². The van der Waals surface area contributed by atoms with E-state index in [1.165, 1.54) is 32.5 Å². The minimum absolute atomic E-state index is 0.583. The summed E-state index contributed by atoms with van der Waals surface area (Å²) in [6, 6.07) is 0. The van der Waals surface area contributed by atoms with Gasteiger partial charge in [0.25, 0.3) is 0 Å². The third-order valence-electron chi connectivity index (χ3n) is 4.20. The molecular formula is C13H31NSi. The molecule has 0 radical (unpaired) electrons. The summed E-state index contributed by atoms with van der Waals surface area (Å²) in [5, 5.41) is 0.583. The van der Waals surface area contributed by atoms with Crippen molar-refractivity contribution in [1.29, 1.82) is 0 Å². The molecule has 0 fully saturated rings. The van der Waals surface area contributed by atoms with Gasteiger partial charge in [-0.05, 0) is 37.5 Å². The fourth-order valence-electron chi connectivity index (χ4n) is 1.66. The van der Waals surface area contributed by atoms with Gasteiger partial charge in [-0.2, -0.15) is 0 Å². The fraction of sp³-hybridized carbons (Fsp3) is 1.00. The van der Waals surface area contributed by atoms with Crippen LogP contribution in [-0.2, 0) is 0 Å².